The zero-order valence-corrected chi connectivity index (χ0v) is 12.4. The first kappa shape index (κ1) is 15.1. The van der Waals surface area contributed by atoms with E-state index >= 15 is 0 Å². The van der Waals surface area contributed by atoms with Crippen LogP contribution in [0.3, 0.4) is 0 Å². The molecule has 0 unspecified atom stereocenters. The van der Waals surface area contributed by atoms with Crippen molar-refractivity contribution in [1.82, 2.24) is 0 Å². The molecule has 2 rings (SSSR count). The summed E-state index contributed by atoms with van der Waals surface area (Å²) in [5.41, 5.74) is -0.213. The van der Waals surface area contributed by atoms with Crippen LogP contribution in [0.1, 0.15) is 17.3 Å². The summed E-state index contributed by atoms with van der Waals surface area (Å²) in [6.07, 6.45) is 0. The van der Waals surface area contributed by atoms with E-state index < -0.39 is 16.4 Å². The van der Waals surface area contributed by atoms with Crippen LogP contribution in [-0.2, 0) is 0 Å². The van der Waals surface area contributed by atoms with Gasteiger partial charge in [-0.1, -0.05) is 15.9 Å². The van der Waals surface area contributed by atoms with Crippen molar-refractivity contribution >= 4 is 27.4 Å². The van der Waals surface area contributed by atoms with Crippen molar-refractivity contribution in [2.24, 2.45) is 0 Å². The molecule has 0 saturated heterocycles. The van der Waals surface area contributed by atoms with Crippen LogP contribution in [0, 0.1) is 15.9 Å². The first-order chi connectivity index (χ1) is 9.88. The average molecular weight is 354 g/mol. The van der Waals surface area contributed by atoms with Crippen LogP contribution in [0.25, 0.3) is 0 Å². The molecule has 0 amide bonds. The highest BCUT2D eigenvalue weighted by atomic mass is 79.9. The SMILES string of the molecule is CC(=O)c1ccc(Oc2ccc(Br)cc2F)c([N+](=O)[O-])c1. The molecule has 0 N–H and O–H groups in total. The highest BCUT2D eigenvalue weighted by Crippen LogP contribution is 2.34. The van der Waals surface area contributed by atoms with Crippen LogP contribution >= 0.6 is 15.9 Å². The molecule has 2 aromatic rings. The fraction of sp³-hybridized carbons (Fsp3) is 0.0714. The predicted octanol–water partition coefficient (Wildman–Crippen LogP) is 4.49. The summed E-state index contributed by atoms with van der Waals surface area (Å²) < 4.78 is 19.5. The Hall–Kier alpha value is -2.28. The second kappa shape index (κ2) is 6.01. The molecule has 0 atom stereocenters. The Kier molecular flexibility index (Phi) is 4.32. The number of halogens is 2. The van der Waals surface area contributed by atoms with Crippen LogP contribution in [0.15, 0.2) is 40.9 Å². The molecule has 0 radical (unpaired) electrons. The van der Waals surface area contributed by atoms with Gasteiger partial charge in [-0.2, -0.15) is 0 Å². The number of ether oxygens (including phenoxy) is 1. The minimum Gasteiger partial charge on any atom is -0.447 e. The summed E-state index contributed by atoms with van der Waals surface area (Å²) in [6.45, 7) is 1.30. The molecule has 0 heterocycles. The van der Waals surface area contributed by atoms with Crippen molar-refractivity contribution in [1.29, 1.82) is 0 Å². The summed E-state index contributed by atoms with van der Waals surface area (Å²) in [7, 11) is 0. The highest BCUT2D eigenvalue weighted by molar-refractivity contribution is 9.10. The number of nitrogens with zero attached hydrogens (tertiary/aromatic N) is 1. The van der Waals surface area contributed by atoms with E-state index in [1.54, 1.807) is 6.07 Å². The number of ketones is 1. The lowest BCUT2D eigenvalue weighted by Gasteiger charge is -2.08. The summed E-state index contributed by atoms with van der Waals surface area (Å²) >= 11 is 3.10. The van der Waals surface area contributed by atoms with E-state index in [1.807, 2.05) is 0 Å². The molecule has 2 aromatic carbocycles. The third kappa shape index (κ3) is 3.43. The van der Waals surface area contributed by atoms with Gasteiger partial charge in [0.25, 0.3) is 0 Å². The Balaban J connectivity index is 2.44. The number of Topliss-reactive ketones (excluding diaryl/α,β-unsaturated/α-hetero) is 1. The van der Waals surface area contributed by atoms with Crippen molar-refractivity contribution in [2.45, 2.75) is 6.92 Å². The standard InChI is InChI=1S/C14H9BrFNO4/c1-8(18)9-2-4-14(12(6-9)17(19)20)21-13-5-3-10(15)7-11(13)16/h2-7H,1H3. The van der Waals surface area contributed by atoms with Crippen molar-refractivity contribution in [3.8, 4) is 11.5 Å². The van der Waals surface area contributed by atoms with Gasteiger partial charge in [0.1, 0.15) is 0 Å². The predicted molar refractivity (Wildman–Crippen MR) is 77.3 cm³/mol. The third-order valence-electron chi connectivity index (χ3n) is 2.68. The van der Waals surface area contributed by atoms with Gasteiger partial charge >= 0.3 is 5.69 Å². The molecule has 0 spiro atoms. The summed E-state index contributed by atoms with van der Waals surface area (Å²) in [5, 5.41) is 11.0. The number of nitro groups is 1. The molecule has 0 bridgehead atoms. The van der Waals surface area contributed by atoms with Crippen molar-refractivity contribution < 1.29 is 18.8 Å². The van der Waals surface area contributed by atoms with E-state index in [2.05, 4.69) is 15.9 Å². The van der Waals surface area contributed by atoms with Gasteiger partial charge in [0.05, 0.1) is 4.92 Å². The number of carbonyl (C=O) groups excluding carboxylic acids is 1. The molecule has 0 aliphatic carbocycles. The molecule has 21 heavy (non-hydrogen) atoms. The van der Waals surface area contributed by atoms with E-state index in [9.17, 15) is 19.3 Å². The van der Waals surface area contributed by atoms with Gasteiger partial charge in [-0.25, -0.2) is 4.39 Å². The zero-order valence-electron chi connectivity index (χ0n) is 10.8. The van der Waals surface area contributed by atoms with Crippen molar-refractivity contribution in [3.63, 3.8) is 0 Å². The largest absolute Gasteiger partial charge is 0.447 e. The molecule has 0 fully saturated rings. The van der Waals surface area contributed by atoms with Crippen LogP contribution in [0.5, 0.6) is 11.5 Å². The number of carbonyl (C=O) groups is 1. The van der Waals surface area contributed by atoms with Gasteiger partial charge < -0.3 is 4.74 Å². The highest BCUT2D eigenvalue weighted by Gasteiger charge is 2.19. The summed E-state index contributed by atoms with van der Waals surface area (Å²) in [6, 6.07) is 7.85. The van der Waals surface area contributed by atoms with Gasteiger partial charge in [0.15, 0.2) is 17.3 Å². The summed E-state index contributed by atoms with van der Waals surface area (Å²) in [5.74, 6) is -1.24. The van der Waals surface area contributed by atoms with Crippen molar-refractivity contribution in [3.05, 3.63) is 62.4 Å². The van der Waals surface area contributed by atoms with E-state index in [-0.39, 0.29) is 22.8 Å². The maximum atomic E-state index is 13.7. The van der Waals surface area contributed by atoms with Gasteiger partial charge in [0, 0.05) is 16.1 Å². The number of hydrogen-bond acceptors (Lipinski definition) is 4. The Morgan fingerprint density at radius 2 is 1.90 bits per heavy atom. The lowest BCUT2D eigenvalue weighted by molar-refractivity contribution is -0.385. The second-order valence-electron chi connectivity index (χ2n) is 4.17. The number of nitro benzene ring substituents is 1. The molecule has 0 aliphatic rings. The first-order valence-electron chi connectivity index (χ1n) is 5.81. The molecule has 0 aromatic heterocycles. The Bertz CT molecular complexity index is 733. The molecular weight excluding hydrogens is 345 g/mol. The number of benzene rings is 2. The minimum absolute atomic E-state index is 0.133. The second-order valence-corrected chi connectivity index (χ2v) is 5.09. The molecular formula is C14H9BrFNO4. The van der Waals surface area contributed by atoms with E-state index in [0.29, 0.717) is 4.47 Å². The molecule has 7 heteroatoms. The van der Waals surface area contributed by atoms with Gasteiger partial charge in [-0.15, -0.1) is 0 Å². The summed E-state index contributed by atoms with van der Waals surface area (Å²) in [4.78, 5) is 21.6. The lowest BCUT2D eigenvalue weighted by atomic mass is 10.1. The van der Waals surface area contributed by atoms with E-state index in [4.69, 9.17) is 4.74 Å². The van der Waals surface area contributed by atoms with Crippen LogP contribution in [0.4, 0.5) is 10.1 Å². The lowest BCUT2D eigenvalue weighted by Crippen LogP contribution is -1.98. The first-order valence-corrected chi connectivity index (χ1v) is 6.60. The van der Waals surface area contributed by atoms with Gasteiger partial charge in [-0.3, -0.25) is 14.9 Å². The average Bonchev–Trinajstić information content (AvgIpc) is 2.41. The number of rotatable bonds is 4. The van der Waals surface area contributed by atoms with Crippen LogP contribution in [0.2, 0.25) is 0 Å². The maximum Gasteiger partial charge on any atom is 0.312 e. The van der Waals surface area contributed by atoms with Crippen LogP contribution < -0.4 is 4.74 Å². The molecule has 0 aliphatic heterocycles. The monoisotopic (exact) mass is 353 g/mol. The number of hydrogen-bond donors (Lipinski definition) is 0. The Morgan fingerprint density at radius 3 is 2.48 bits per heavy atom. The van der Waals surface area contributed by atoms with E-state index in [0.717, 1.165) is 6.07 Å². The molecule has 0 saturated carbocycles. The fourth-order valence-corrected chi connectivity index (χ4v) is 1.97. The Labute approximate surface area is 127 Å². The maximum absolute atomic E-state index is 13.7. The Morgan fingerprint density at radius 1 is 1.24 bits per heavy atom. The topological polar surface area (TPSA) is 69.4 Å². The smallest absolute Gasteiger partial charge is 0.312 e. The zero-order chi connectivity index (χ0) is 15.6. The van der Waals surface area contributed by atoms with Crippen molar-refractivity contribution in [2.75, 3.05) is 0 Å². The quantitative estimate of drug-likeness (QED) is 0.461. The van der Waals surface area contributed by atoms with Gasteiger partial charge in [0.2, 0.25) is 5.75 Å². The van der Waals surface area contributed by atoms with Crippen LogP contribution in [-0.4, -0.2) is 10.7 Å². The minimum atomic E-state index is -0.682. The third-order valence-corrected chi connectivity index (χ3v) is 3.17. The normalized spacial score (nSPS) is 10.2. The fourth-order valence-electron chi connectivity index (χ4n) is 1.64. The molecule has 5 nitrogen and oxygen atoms in total. The van der Waals surface area contributed by atoms with Gasteiger partial charge in [-0.05, 0) is 37.3 Å². The van der Waals surface area contributed by atoms with E-state index in [1.165, 1.54) is 31.2 Å². The molecule has 108 valence electrons.